The number of carbonyl (C=O) groups is 5. The second kappa shape index (κ2) is 17.7. The third kappa shape index (κ3) is 9.20. The first-order valence-corrected chi connectivity index (χ1v) is 16.8. The Morgan fingerprint density at radius 1 is 1.20 bits per heavy atom. The van der Waals surface area contributed by atoms with Gasteiger partial charge in [-0.15, -0.1) is 41.3 Å². The van der Waals surface area contributed by atoms with Gasteiger partial charge in [0.15, 0.2) is 28.1 Å². The van der Waals surface area contributed by atoms with Gasteiger partial charge in [0.2, 0.25) is 5.91 Å². The van der Waals surface area contributed by atoms with Crippen LogP contribution in [0.3, 0.4) is 0 Å². The second-order valence-corrected chi connectivity index (χ2v) is 13.7. The van der Waals surface area contributed by atoms with Gasteiger partial charge in [-0.1, -0.05) is 5.97 Å². The molecule has 259 valence electrons. The number of β-lactam (4-membered cyclic amide) rings is 1. The van der Waals surface area contributed by atoms with E-state index in [-0.39, 0.29) is 115 Å². The van der Waals surface area contributed by atoms with E-state index in [1.165, 1.54) is 29.3 Å². The van der Waals surface area contributed by atoms with E-state index in [1.54, 1.807) is 0 Å². The molecule has 0 bridgehead atoms. The van der Waals surface area contributed by atoms with Crippen molar-refractivity contribution in [2.75, 3.05) is 44.2 Å². The van der Waals surface area contributed by atoms with Gasteiger partial charge in [0.1, 0.15) is 12.2 Å². The number of carbonyl (C=O) groups excluding carboxylic acids is 5. The number of nitrogens with two attached hydrogens (primary N) is 1. The summed E-state index contributed by atoms with van der Waals surface area (Å²) in [6.07, 6.45) is 0.821. The quantitative estimate of drug-likeness (QED) is 0.0269. The maximum atomic E-state index is 13.4. The first-order chi connectivity index (χ1) is 22.8. The molecule has 0 spiro atoms. The van der Waals surface area contributed by atoms with Gasteiger partial charge in [-0.25, -0.2) is 4.98 Å². The van der Waals surface area contributed by atoms with Crippen molar-refractivity contribution in [1.29, 1.82) is 0 Å². The fourth-order valence-corrected chi connectivity index (χ4v) is 8.01. The molecule has 1 aromatic heterocycles. The summed E-state index contributed by atoms with van der Waals surface area (Å²) in [5.41, 5.74) is 5.85. The molecule has 4 heterocycles. The molecule has 5 N–H and O–H groups in total. The average molecular weight is 813 g/mol. The van der Waals surface area contributed by atoms with Crippen molar-refractivity contribution in [1.82, 2.24) is 15.2 Å². The largest absolute Gasteiger partial charge is 1.00 e. The zero-order chi connectivity index (χ0) is 34.7. The number of Topliss-reactive ketones (excluding diaryl/α,β-unsaturated/α-hetero) is 1. The number of rotatable bonds is 14. The number of hydrogen-bond acceptors (Lipinski definition) is 15. The molecular weight excluding hydrogens is 780 g/mol. The molecule has 2 amide bonds. The van der Waals surface area contributed by atoms with Crippen LogP contribution in [0.1, 0.15) is 42.2 Å². The molecule has 2 fully saturated rings. The Hall–Kier alpha value is -2.71. The van der Waals surface area contributed by atoms with Crippen molar-refractivity contribution in [3.8, 4) is 11.5 Å². The molecule has 3 aliphatic rings. The van der Waals surface area contributed by atoms with E-state index in [2.05, 4.69) is 15.5 Å². The Morgan fingerprint density at radius 3 is 2.50 bits per heavy atom. The summed E-state index contributed by atoms with van der Waals surface area (Å²) in [5, 5.41) is 50.1. The Labute approximate surface area is 342 Å². The minimum atomic E-state index is -1.64. The third-order valence-corrected chi connectivity index (χ3v) is 10.6. The van der Waals surface area contributed by atoms with Crippen molar-refractivity contribution in [3.05, 3.63) is 52.2 Å². The fourth-order valence-electron chi connectivity index (χ4n) is 6.06. The summed E-state index contributed by atoms with van der Waals surface area (Å²) >= 11 is 2.34. The number of carboxylic acid groups (broad SMARTS) is 2. The van der Waals surface area contributed by atoms with E-state index in [4.69, 9.17) is 10.6 Å². The first kappa shape index (κ1) is 41.7. The van der Waals surface area contributed by atoms with Crippen LogP contribution in [0.15, 0.2) is 40.0 Å². The molecule has 2 unspecified atom stereocenters. The number of aliphatic carboxylic acids is 2. The zero-order valence-corrected chi connectivity index (χ0v) is 33.7. The third-order valence-electron chi connectivity index (χ3n) is 8.50. The van der Waals surface area contributed by atoms with Crippen LogP contribution in [0.5, 0.6) is 11.5 Å². The number of amides is 2. The van der Waals surface area contributed by atoms with E-state index >= 15 is 0 Å². The number of nitrogens with zero attached hydrogens (tertiary/aromatic N) is 4. The van der Waals surface area contributed by atoms with Gasteiger partial charge in [0, 0.05) is 74.2 Å². The summed E-state index contributed by atoms with van der Waals surface area (Å²) in [5.74, 6) is -6.22. The number of phenolic OH excluding ortho intramolecular Hbond substituents is 2. The number of ketones is 1. The summed E-state index contributed by atoms with van der Waals surface area (Å²) in [4.78, 5) is 72.9. The predicted octanol–water partition coefficient (Wildman–Crippen LogP) is -4.30. The summed E-state index contributed by atoms with van der Waals surface area (Å²) in [6, 6.07) is 3.76. The average Bonchev–Trinajstić information content (AvgIpc) is 3.69. The number of benzene rings is 1. The van der Waals surface area contributed by atoms with E-state index in [9.17, 15) is 44.4 Å². The van der Waals surface area contributed by atoms with E-state index in [0.717, 1.165) is 55.2 Å². The van der Waals surface area contributed by atoms with Gasteiger partial charge in [-0.2, -0.15) is 0 Å². The zero-order valence-electron chi connectivity index (χ0n) is 27.2. The minimum absolute atomic E-state index is 0. The molecule has 16 nitrogen and oxygen atoms in total. The van der Waals surface area contributed by atoms with Gasteiger partial charge in [-0.3, -0.25) is 19.3 Å². The van der Waals surface area contributed by atoms with Gasteiger partial charge < -0.3 is 50.4 Å². The van der Waals surface area contributed by atoms with Crippen LogP contribution in [-0.4, -0.2) is 104 Å². The number of oxime groups is 1. The number of likely N-dealkylation sites (tertiary alicyclic amines) is 1. The number of nitrogens with one attached hydrogen (secondary N) is 1. The van der Waals surface area contributed by atoms with Crippen LogP contribution >= 0.6 is 23.1 Å². The molecule has 50 heavy (non-hydrogen) atoms. The van der Waals surface area contributed by atoms with Gasteiger partial charge in [0.05, 0.1) is 49.1 Å². The Kier molecular flexibility index (Phi) is 14.7. The van der Waals surface area contributed by atoms with Gasteiger partial charge in [0.25, 0.3) is 5.91 Å². The number of thiazole rings is 1. The number of phenols is 2. The number of quaternary nitrogens is 1. The molecule has 0 aliphatic carbocycles. The molecular formula is C30H32N6NaO10S2Y-. The maximum absolute atomic E-state index is 13.4. The second-order valence-electron chi connectivity index (χ2n) is 11.7. The summed E-state index contributed by atoms with van der Waals surface area (Å²) in [7, 11) is 0. The molecule has 2 aromatic rings. The Morgan fingerprint density at radius 2 is 1.90 bits per heavy atom. The molecule has 5 rings (SSSR count). The molecule has 0 saturated carbocycles. The number of aromatic nitrogens is 1. The van der Waals surface area contributed by atoms with E-state index in [1.807, 2.05) is 0 Å². The van der Waals surface area contributed by atoms with Crippen LogP contribution in [0.4, 0.5) is 5.13 Å². The normalized spacial score (nSPS) is 19.3. The van der Waals surface area contributed by atoms with Crippen molar-refractivity contribution in [2.24, 2.45) is 11.1 Å². The Bertz CT molecular complexity index is 1720. The number of hydrogen-bond donors (Lipinski definition) is 4. The standard InChI is InChI=1S/C30H34N6O10S2.Na.Y/c1-15(28(42)43)46-34-23(19-14-48-30(31)33-19)22(39)11-18-26(41)35-24(29(44)45)17(13-47-27(18)35)12-36(7-2-3-8-36)9-6-32-25(40)16-4-5-20(37)21(38)10-16;;/h4-5,10,14,18,27,37-38H,2-3,6-9,11-13H2,1H3,(H2,31,33)(H,32,40)(H,42,43)(H,44,45);;/q;+1;/p-2/b34-23-;;. The fraction of sp³-hybridized carbons (Fsp3) is 0.400. The van der Waals surface area contributed by atoms with E-state index in [0.29, 0.717) is 23.1 Å². The number of nitrogen functional groups attached to an aromatic ring is 1. The molecule has 2 atom stereocenters. The van der Waals surface area contributed by atoms with Crippen LogP contribution < -0.4 is 50.8 Å². The number of aromatic hydroxyl groups is 2. The van der Waals surface area contributed by atoms with Gasteiger partial charge in [-0.05, 0) is 18.2 Å². The number of carboxylic acids is 2. The van der Waals surface area contributed by atoms with Crippen molar-refractivity contribution < 1.29 is 116 Å². The van der Waals surface area contributed by atoms with Crippen LogP contribution in [0.25, 0.3) is 0 Å². The van der Waals surface area contributed by atoms with E-state index < -0.39 is 52.7 Å². The van der Waals surface area contributed by atoms with Crippen molar-refractivity contribution in [2.45, 2.75) is 31.6 Å². The van der Waals surface area contributed by atoms with Crippen molar-refractivity contribution in [3.63, 3.8) is 0 Å². The van der Waals surface area contributed by atoms with Crippen molar-refractivity contribution >= 4 is 63.5 Å². The topological polar surface area (TPSA) is 248 Å². The summed E-state index contributed by atoms with van der Waals surface area (Å²) in [6.45, 7) is 3.62. The monoisotopic (exact) mass is 812 g/mol. The smallest absolute Gasteiger partial charge is 0.581 e. The van der Waals surface area contributed by atoms with Crippen LogP contribution in [0.2, 0.25) is 0 Å². The maximum Gasteiger partial charge on any atom is 1.00 e. The van der Waals surface area contributed by atoms with Gasteiger partial charge >= 0.3 is 29.6 Å². The van der Waals surface area contributed by atoms with Crippen LogP contribution in [0, 0.1) is 12.0 Å². The predicted molar refractivity (Wildman–Crippen MR) is 167 cm³/mol. The first-order valence-electron chi connectivity index (χ1n) is 14.9. The van der Waals surface area contributed by atoms with Crippen LogP contribution in [-0.2, 0) is 56.7 Å². The summed E-state index contributed by atoms with van der Waals surface area (Å²) < 4.78 is 0.487. The number of fused-ring (bicyclic) bond motifs is 1. The number of anilines is 1. The molecule has 2 saturated heterocycles. The Balaban J connectivity index is 0.00000338. The molecule has 20 heteroatoms. The molecule has 1 aromatic carbocycles. The SMILES string of the molecule is C[C-](O/N=C(\C(=O)CC1C(=O)N2C(C(=O)[O-])=C(C[N+]3(CCNC(=O)c4ccc(O)c(O)c4)CCCC3)CSC12)c1csc(N)n1)C(=O)[O-].[Na+].[Y]. The minimum Gasteiger partial charge on any atom is -0.581 e. The number of thioether (sulfide) groups is 1. The molecule has 1 radical (unpaired) electrons. The molecule has 3 aliphatic heterocycles.